The van der Waals surface area contributed by atoms with E-state index in [1.807, 2.05) is 0 Å². The van der Waals surface area contributed by atoms with Gasteiger partial charge in [-0.2, -0.15) is 17.6 Å². The molecule has 0 amide bonds. The van der Waals surface area contributed by atoms with Crippen molar-refractivity contribution in [2.24, 2.45) is 0 Å². The fraction of sp³-hybridized carbons (Fsp3) is 0.300. The van der Waals surface area contributed by atoms with Crippen LogP contribution in [-0.2, 0) is 0 Å². The predicted octanol–water partition coefficient (Wildman–Crippen LogP) is 6.57. The first-order valence-electron chi connectivity index (χ1n) is 8.88. The number of benzene rings is 2. The first kappa shape index (κ1) is 26.9. The molecule has 0 spiro atoms. The molecule has 0 saturated carbocycles. The molecule has 0 aliphatic carbocycles. The third-order valence-electron chi connectivity index (χ3n) is 4.70. The lowest BCUT2D eigenvalue weighted by atomic mass is 9.91. The summed E-state index contributed by atoms with van der Waals surface area (Å²) in [6.07, 6.45) is -16.8. The molecule has 2 rings (SSSR count). The maximum atomic E-state index is 14.3. The number of aromatic carboxylic acids is 2. The molecule has 186 valence electrons. The first-order valence-corrected chi connectivity index (χ1v) is 8.88. The van der Waals surface area contributed by atoms with E-state index in [1.165, 1.54) is 0 Å². The van der Waals surface area contributed by atoms with E-state index in [2.05, 4.69) is 0 Å². The highest BCUT2D eigenvalue weighted by Crippen LogP contribution is 2.44. The molecule has 2 aromatic rings. The van der Waals surface area contributed by atoms with Gasteiger partial charge < -0.3 is 10.2 Å². The molecule has 2 atom stereocenters. The Morgan fingerprint density at radius 3 is 1.15 bits per heavy atom. The van der Waals surface area contributed by atoms with E-state index in [0.717, 1.165) is 12.1 Å². The Labute approximate surface area is 183 Å². The van der Waals surface area contributed by atoms with E-state index in [0.29, 0.717) is 24.3 Å². The van der Waals surface area contributed by atoms with Gasteiger partial charge in [-0.1, -0.05) is 12.1 Å². The van der Waals surface area contributed by atoms with Gasteiger partial charge in [-0.05, 0) is 35.4 Å². The average molecular weight is 506 g/mol. The van der Waals surface area contributed by atoms with Crippen LogP contribution in [0.1, 0.15) is 44.2 Å². The fourth-order valence-corrected chi connectivity index (χ4v) is 2.93. The second kappa shape index (κ2) is 9.50. The van der Waals surface area contributed by atoms with Gasteiger partial charge in [0.1, 0.15) is 0 Å². The quantitative estimate of drug-likeness (QED) is 0.378. The number of alkyl halides is 10. The Hall–Kier alpha value is -3.32. The molecule has 0 heterocycles. The second-order valence-corrected chi connectivity index (χ2v) is 6.89. The summed E-state index contributed by atoms with van der Waals surface area (Å²) in [7, 11) is 0. The Morgan fingerprint density at radius 2 is 0.912 bits per heavy atom. The normalized spacial score (nSPS) is 14.4. The molecule has 2 unspecified atom stereocenters. The van der Waals surface area contributed by atoms with Crippen LogP contribution in [0.2, 0.25) is 0 Å². The number of halogens is 10. The number of rotatable bonds is 9. The highest BCUT2D eigenvalue weighted by molar-refractivity contribution is 5.92. The largest absolute Gasteiger partial charge is 0.478 e. The topological polar surface area (TPSA) is 74.6 Å². The van der Waals surface area contributed by atoms with Crippen LogP contribution >= 0.6 is 0 Å². The molecule has 0 aromatic heterocycles. The van der Waals surface area contributed by atoms with Crippen molar-refractivity contribution in [3.05, 3.63) is 58.7 Å². The minimum absolute atomic E-state index is 0.336. The van der Waals surface area contributed by atoms with Crippen molar-refractivity contribution in [3.63, 3.8) is 0 Å². The van der Waals surface area contributed by atoms with Crippen molar-refractivity contribution in [1.29, 1.82) is 0 Å². The van der Waals surface area contributed by atoms with Crippen molar-refractivity contribution in [3.8, 4) is 11.1 Å². The van der Waals surface area contributed by atoms with E-state index in [4.69, 9.17) is 10.2 Å². The van der Waals surface area contributed by atoms with E-state index in [-0.39, 0.29) is 0 Å². The summed E-state index contributed by atoms with van der Waals surface area (Å²) in [5, 5.41) is 18.1. The zero-order valence-electron chi connectivity index (χ0n) is 16.3. The van der Waals surface area contributed by atoms with Crippen LogP contribution in [0.3, 0.4) is 0 Å². The molecule has 0 fully saturated rings. The fourth-order valence-electron chi connectivity index (χ4n) is 2.93. The summed E-state index contributed by atoms with van der Waals surface area (Å²) in [4.78, 5) is 22.5. The third-order valence-corrected chi connectivity index (χ3v) is 4.70. The van der Waals surface area contributed by atoms with Crippen LogP contribution in [0.15, 0.2) is 36.4 Å². The summed E-state index contributed by atoms with van der Waals surface area (Å²) in [6, 6.07) is 3.24. The van der Waals surface area contributed by atoms with E-state index in [9.17, 15) is 53.5 Å². The third kappa shape index (κ3) is 4.94. The molecule has 0 aliphatic heterocycles. The predicted molar refractivity (Wildman–Crippen MR) is 95.4 cm³/mol. The van der Waals surface area contributed by atoms with E-state index < -0.39 is 82.4 Å². The van der Waals surface area contributed by atoms with Gasteiger partial charge in [0, 0.05) is 11.1 Å². The van der Waals surface area contributed by atoms with Crippen LogP contribution in [0, 0.1) is 0 Å². The van der Waals surface area contributed by atoms with Crippen molar-refractivity contribution in [2.45, 2.75) is 37.0 Å². The first-order chi connectivity index (χ1) is 15.5. The Balaban J connectivity index is 2.73. The minimum Gasteiger partial charge on any atom is -0.478 e. The summed E-state index contributed by atoms with van der Waals surface area (Å²) in [6.45, 7) is 0. The van der Waals surface area contributed by atoms with Crippen LogP contribution in [-0.4, -0.2) is 46.8 Å². The minimum atomic E-state index is -5.34. The van der Waals surface area contributed by atoms with E-state index in [1.54, 1.807) is 0 Å². The van der Waals surface area contributed by atoms with Gasteiger partial charge in [-0.15, -0.1) is 0 Å². The summed E-state index contributed by atoms with van der Waals surface area (Å²) in [5.74, 6) is -14.7. The van der Waals surface area contributed by atoms with Crippen molar-refractivity contribution in [2.75, 3.05) is 0 Å². The Morgan fingerprint density at radius 1 is 0.618 bits per heavy atom. The molecular formula is C20H12F10O4. The van der Waals surface area contributed by atoms with Crippen molar-refractivity contribution >= 4 is 11.9 Å². The summed E-state index contributed by atoms with van der Waals surface area (Å²) >= 11 is 0. The van der Waals surface area contributed by atoms with Crippen LogP contribution in [0.25, 0.3) is 11.1 Å². The van der Waals surface area contributed by atoms with Gasteiger partial charge in [0.25, 0.3) is 0 Å². The molecule has 4 nitrogen and oxygen atoms in total. The molecule has 2 aromatic carbocycles. The van der Waals surface area contributed by atoms with Crippen LogP contribution in [0.4, 0.5) is 43.9 Å². The highest BCUT2D eigenvalue weighted by atomic mass is 19.3. The molecule has 2 N–H and O–H groups in total. The number of hydrogen-bond acceptors (Lipinski definition) is 2. The van der Waals surface area contributed by atoms with Crippen LogP contribution in [0.5, 0.6) is 0 Å². The molecular weight excluding hydrogens is 494 g/mol. The van der Waals surface area contributed by atoms with Gasteiger partial charge in [0.15, 0.2) is 12.3 Å². The van der Waals surface area contributed by atoms with Gasteiger partial charge >= 0.3 is 36.6 Å². The molecule has 0 radical (unpaired) electrons. The van der Waals surface area contributed by atoms with Crippen molar-refractivity contribution in [1.82, 2.24) is 0 Å². The standard InChI is InChI=1S/C20H12F10O4/c21-13(19(27,28)17(23)24)11-5-7(1-3-9(11)15(31)32)8-2-4-10(16(33)34)12(6-8)14(22)20(29,30)18(25)26/h1-6,13-14,17-18H,(H,31,32)(H,33,34). The van der Waals surface area contributed by atoms with Crippen molar-refractivity contribution < 1.29 is 63.7 Å². The Bertz CT molecular complexity index is 1000. The molecule has 0 bridgehead atoms. The SMILES string of the molecule is O=C(O)c1ccc(-c2ccc(C(=O)O)c(C(F)C(F)(F)C(F)F)c2)cc1C(F)C(F)(F)C(F)F. The number of carboxylic acids is 2. The summed E-state index contributed by atoms with van der Waals surface area (Å²) < 4.78 is 133. The van der Waals surface area contributed by atoms with E-state index >= 15 is 0 Å². The van der Waals surface area contributed by atoms with Gasteiger partial charge in [-0.25, -0.2) is 35.9 Å². The average Bonchev–Trinajstić information content (AvgIpc) is 2.76. The zero-order valence-corrected chi connectivity index (χ0v) is 16.3. The number of carboxylic acid groups (broad SMARTS) is 2. The monoisotopic (exact) mass is 506 g/mol. The smallest absolute Gasteiger partial charge is 0.342 e. The lowest BCUT2D eigenvalue weighted by Crippen LogP contribution is -2.33. The van der Waals surface area contributed by atoms with Gasteiger partial charge in [-0.3, -0.25) is 0 Å². The second-order valence-electron chi connectivity index (χ2n) is 6.89. The van der Waals surface area contributed by atoms with Gasteiger partial charge in [0.05, 0.1) is 11.1 Å². The number of hydrogen-bond donors (Lipinski definition) is 2. The molecule has 0 saturated heterocycles. The zero-order chi connectivity index (χ0) is 26.2. The lowest BCUT2D eigenvalue weighted by molar-refractivity contribution is -0.172. The molecule has 0 aliphatic rings. The van der Waals surface area contributed by atoms with Crippen LogP contribution < -0.4 is 0 Å². The maximum absolute atomic E-state index is 14.3. The Kier molecular flexibility index (Phi) is 7.53. The number of carbonyl (C=O) groups is 2. The maximum Gasteiger partial charge on any atom is 0.342 e. The molecule has 34 heavy (non-hydrogen) atoms. The lowest BCUT2D eigenvalue weighted by Gasteiger charge is -2.23. The molecule has 14 heteroatoms. The highest BCUT2D eigenvalue weighted by Gasteiger charge is 2.52. The van der Waals surface area contributed by atoms with Gasteiger partial charge in [0.2, 0.25) is 0 Å². The summed E-state index contributed by atoms with van der Waals surface area (Å²) in [5.41, 5.74) is -6.25.